The van der Waals surface area contributed by atoms with Crippen LogP contribution in [0.5, 0.6) is 0 Å². The molecule has 2 aromatic carbocycles. The predicted molar refractivity (Wildman–Crippen MR) is 110 cm³/mol. The molecule has 1 aliphatic rings. The van der Waals surface area contributed by atoms with Crippen molar-refractivity contribution in [1.29, 1.82) is 0 Å². The van der Waals surface area contributed by atoms with E-state index in [4.69, 9.17) is 27.6 Å². The summed E-state index contributed by atoms with van der Waals surface area (Å²) in [6, 6.07) is 15.0. The highest BCUT2D eigenvalue weighted by Gasteiger charge is 2.33. The van der Waals surface area contributed by atoms with E-state index in [0.717, 1.165) is 17.7 Å². The van der Waals surface area contributed by atoms with Crippen molar-refractivity contribution in [2.75, 3.05) is 5.75 Å². The Hall–Kier alpha value is -2.02. The first-order valence-electron chi connectivity index (χ1n) is 8.85. The summed E-state index contributed by atoms with van der Waals surface area (Å²) >= 11 is 13.6. The Morgan fingerprint density at radius 3 is 2.57 bits per heavy atom. The van der Waals surface area contributed by atoms with E-state index in [9.17, 15) is 4.79 Å². The fourth-order valence-corrected chi connectivity index (χ4v) is 3.90. The Labute approximate surface area is 177 Å². The first kappa shape index (κ1) is 19.3. The Morgan fingerprint density at radius 2 is 1.86 bits per heavy atom. The molecule has 0 radical (unpaired) electrons. The zero-order chi connectivity index (χ0) is 19.5. The molecule has 0 aliphatic heterocycles. The van der Waals surface area contributed by atoms with Crippen LogP contribution in [0.25, 0.3) is 11.5 Å². The summed E-state index contributed by atoms with van der Waals surface area (Å²) in [7, 11) is 0. The zero-order valence-electron chi connectivity index (χ0n) is 14.8. The number of benzene rings is 2. The SMILES string of the molecule is O=C(CSc1ccc(Cl)cc1)N(Cc1nnc(-c2ccccc2Cl)o1)C1CC1. The number of carbonyl (C=O) groups excluding carboxylic acids is 1. The van der Waals surface area contributed by atoms with E-state index < -0.39 is 0 Å². The first-order valence-corrected chi connectivity index (χ1v) is 10.6. The third-order valence-corrected chi connectivity index (χ3v) is 5.94. The molecule has 1 fully saturated rings. The predicted octanol–water partition coefficient (Wildman–Crippen LogP) is 5.33. The van der Waals surface area contributed by atoms with Crippen molar-refractivity contribution in [2.45, 2.75) is 30.3 Å². The van der Waals surface area contributed by atoms with Crippen LogP contribution in [0.3, 0.4) is 0 Å². The third kappa shape index (κ3) is 4.69. The Bertz CT molecular complexity index is 974. The molecule has 0 N–H and O–H groups in total. The molecular weight excluding hydrogens is 417 g/mol. The van der Waals surface area contributed by atoms with Gasteiger partial charge in [0.25, 0.3) is 0 Å². The van der Waals surface area contributed by atoms with E-state index in [2.05, 4.69) is 10.2 Å². The van der Waals surface area contributed by atoms with Crippen molar-refractivity contribution in [1.82, 2.24) is 15.1 Å². The second-order valence-corrected chi connectivity index (χ2v) is 8.37. The minimum Gasteiger partial charge on any atom is -0.419 e. The lowest BCUT2D eigenvalue weighted by Crippen LogP contribution is -2.34. The van der Waals surface area contributed by atoms with Gasteiger partial charge in [-0.3, -0.25) is 4.79 Å². The largest absolute Gasteiger partial charge is 0.419 e. The van der Waals surface area contributed by atoms with E-state index >= 15 is 0 Å². The molecule has 28 heavy (non-hydrogen) atoms. The second kappa shape index (κ2) is 8.55. The monoisotopic (exact) mass is 433 g/mol. The fraction of sp³-hybridized carbons (Fsp3) is 0.250. The standard InChI is InChI=1S/C20H17Cl2N3O2S/c21-13-5-9-15(10-6-13)28-12-19(26)25(14-7-8-14)11-18-23-24-20(27-18)16-3-1-2-4-17(16)22/h1-6,9-10,14H,7-8,11-12H2. The summed E-state index contributed by atoms with van der Waals surface area (Å²) in [4.78, 5) is 15.6. The van der Waals surface area contributed by atoms with Crippen molar-refractivity contribution < 1.29 is 9.21 Å². The highest BCUT2D eigenvalue weighted by atomic mass is 35.5. The number of amides is 1. The molecular formula is C20H17Cl2N3O2S. The van der Waals surface area contributed by atoms with Gasteiger partial charge in [0.15, 0.2) is 0 Å². The maximum atomic E-state index is 12.8. The average Bonchev–Trinajstić information content (AvgIpc) is 3.44. The normalized spacial score (nSPS) is 13.5. The Balaban J connectivity index is 1.42. The maximum absolute atomic E-state index is 12.8. The van der Waals surface area contributed by atoms with Crippen molar-refractivity contribution in [2.24, 2.45) is 0 Å². The number of rotatable bonds is 7. The van der Waals surface area contributed by atoms with Gasteiger partial charge in [-0.05, 0) is 49.2 Å². The van der Waals surface area contributed by atoms with Gasteiger partial charge >= 0.3 is 0 Å². The highest BCUT2D eigenvalue weighted by molar-refractivity contribution is 8.00. The molecule has 1 aliphatic carbocycles. The zero-order valence-corrected chi connectivity index (χ0v) is 17.2. The number of thioether (sulfide) groups is 1. The number of carbonyl (C=O) groups is 1. The average molecular weight is 434 g/mol. The lowest BCUT2D eigenvalue weighted by atomic mass is 10.2. The molecule has 5 nitrogen and oxygen atoms in total. The van der Waals surface area contributed by atoms with Crippen LogP contribution < -0.4 is 0 Å². The fourth-order valence-electron chi connectivity index (χ4n) is 2.77. The van der Waals surface area contributed by atoms with Gasteiger partial charge < -0.3 is 9.32 Å². The van der Waals surface area contributed by atoms with Gasteiger partial charge in [-0.15, -0.1) is 22.0 Å². The van der Waals surface area contributed by atoms with Crippen molar-refractivity contribution >= 4 is 40.9 Å². The molecule has 8 heteroatoms. The van der Waals surface area contributed by atoms with Crippen LogP contribution in [0.4, 0.5) is 0 Å². The molecule has 4 rings (SSSR count). The van der Waals surface area contributed by atoms with Crippen LogP contribution in [0.15, 0.2) is 57.8 Å². The number of halogens is 2. The van der Waals surface area contributed by atoms with E-state index in [1.54, 1.807) is 6.07 Å². The van der Waals surface area contributed by atoms with Crippen molar-refractivity contribution in [3.8, 4) is 11.5 Å². The summed E-state index contributed by atoms with van der Waals surface area (Å²) in [6.45, 7) is 0.308. The van der Waals surface area contributed by atoms with Crippen LogP contribution in [-0.2, 0) is 11.3 Å². The van der Waals surface area contributed by atoms with E-state index in [1.165, 1.54) is 11.8 Å². The molecule has 3 aromatic rings. The van der Waals surface area contributed by atoms with E-state index in [-0.39, 0.29) is 11.9 Å². The molecule has 0 spiro atoms. The van der Waals surface area contributed by atoms with E-state index in [0.29, 0.717) is 39.7 Å². The van der Waals surface area contributed by atoms with Gasteiger partial charge in [-0.1, -0.05) is 35.3 Å². The van der Waals surface area contributed by atoms with Gasteiger partial charge in [0.05, 0.1) is 22.9 Å². The van der Waals surface area contributed by atoms with Gasteiger partial charge in [-0.2, -0.15) is 0 Å². The Morgan fingerprint density at radius 1 is 1.11 bits per heavy atom. The topological polar surface area (TPSA) is 59.2 Å². The van der Waals surface area contributed by atoms with Gasteiger partial charge in [0.2, 0.25) is 17.7 Å². The van der Waals surface area contributed by atoms with Crippen LogP contribution in [0, 0.1) is 0 Å². The summed E-state index contributed by atoms with van der Waals surface area (Å²) in [5.74, 6) is 1.18. The van der Waals surface area contributed by atoms with Crippen LogP contribution in [-0.4, -0.2) is 32.8 Å². The van der Waals surface area contributed by atoms with Crippen molar-refractivity contribution in [3.63, 3.8) is 0 Å². The molecule has 1 aromatic heterocycles. The second-order valence-electron chi connectivity index (χ2n) is 6.48. The smallest absolute Gasteiger partial charge is 0.249 e. The van der Waals surface area contributed by atoms with Gasteiger partial charge in [0.1, 0.15) is 0 Å². The minimum atomic E-state index is 0.0555. The number of aromatic nitrogens is 2. The number of hydrogen-bond donors (Lipinski definition) is 0. The Kier molecular flexibility index (Phi) is 5.90. The van der Waals surface area contributed by atoms with Gasteiger partial charge in [-0.25, -0.2) is 0 Å². The van der Waals surface area contributed by atoms with Crippen molar-refractivity contribution in [3.05, 3.63) is 64.5 Å². The van der Waals surface area contributed by atoms with Crippen LogP contribution in [0.2, 0.25) is 10.0 Å². The highest BCUT2D eigenvalue weighted by Crippen LogP contribution is 2.31. The first-order chi connectivity index (χ1) is 13.6. The number of hydrogen-bond acceptors (Lipinski definition) is 5. The molecule has 0 unspecified atom stereocenters. The summed E-state index contributed by atoms with van der Waals surface area (Å²) < 4.78 is 5.76. The summed E-state index contributed by atoms with van der Waals surface area (Å²) in [5.41, 5.74) is 0.686. The summed E-state index contributed by atoms with van der Waals surface area (Å²) in [6.07, 6.45) is 2.01. The van der Waals surface area contributed by atoms with Gasteiger partial charge in [0, 0.05) is 16.0 Å². The minimum absolute atomic E-state index is 0.0555. The molecule has 0 bridgehead atoms. The van der Waals surface area contributed by atoms with E-state index in [1.807, 2.05) is 47.4 Å². The van der Waals surface area contributed by atoms with Crippen LogP contribution >= 0.6 is 35.0 Å². The quantitative estimate of drug-likeness (QED) is 0.471. The molecule has 0 saturated heterocycles. The number of nitrogens with zero attached hydrogens (tertiary/aromatic N) is 3. The molecule has 1 amide bonds. The van der Waals surface area contributed by atoms with Crippen LogP contribution in [0.1, 0.15) is 18.7 Å². The molecule has 0 atom stereocenters. The third-order valence-electron chi connectivity index (χ3n) is 4.36. The lowest BCUT2D eigenvalue weighted by Gasteiger charge is -2.20. The molecule has 1 saturated carbocycles. The molecule has 1 heterocycles. The lowest BCUT2D eigenvalue weighted by molar-refractivity contribution is -0.129. The maximum Gasteiger partial charge on any atom is 0.249 e. The summed E-state index contributed by atoms with van der Waals surface area (Å²) in [5, 5.41) is 9.42. The molecule has 144 valence electrons.